The van der Waals surface area contributed by atoms with Crippen LogP contribution in [0.3, 0.4) is 0 Å². The molecule has 2 aliphatic rings. The minimum Gasteiger partial charge on any atom is -0.490 e. The number of hydrogen-bond acceptors (Lipinski definition) is 6. The standard InChI is InChI=1S/C39H54ClF3N2O5/c1-2-3-4-5-6-7-8-9-10-11-12-13-14-15-16-17-36(47)50-34-26-45(38-31(42)24-28(40)25-32(38)43)23-22-39(34,48)27-49-33-20-19-30(41)37-29(33)18-21-35(46)44-37/h19-20,24-25,34,48H,2-18,21-23,26-27H2,1H3,(H,44,46)/t34-,39?/m1/s1. The highest BCUT2D eigenvalue weighted by Crippen LogP contribution is 2.37. The first-order valence-electron chi connectivity index (χ1n) is 18.7. The van der Waals surface area contributed by atoms with Crippen LogP contribution in [-0.2, 0) is 20.7 Å². The summed E-state index contributed by atoms with van der Waals surface area (Å²) < 4.78 is 56.0. The zero-order chi connectivity index (χ0) is 35.9. The number of carbonyl (C=O) groups is 2. The molecule has 278 valence electrons. The van der Waals surface area contributed by atoms with Crippen LogP contribution in [0, 0.1) is 17.5 Å². The Morgan fingerprint density at radius 2 is 1.48 bits per heavy atom. The van der Waals surface area contributed by atoms with E-state index in [-0.39, 0.29) is 73.4 Å². The monoisotopic (exact) mass is 722 g/mol. The maximum Gasteiger partial charge on any atom is 0.306 e. The molecule has 2 aromatic rings. The van der Waals surface area contributed by atoms with Crippen molar-refractivity contribution in [2.75, 3.05) is 29.9 Å². The molecule has 1 fully saturated rings. The van der Waals surface area contributed by atoms with Crippen LogP contribution in [0.2, 0.25) is 5.02 Å². The number of anilines is 2. The summed E-state index contributed by atoms with van der Waals surface area (Å²) in [6, 6.07) is 4.63. The fourth-order valence-electron chi connectivity index (χ4n) is 6.92. The molecule has 2 atom stereocenters. The van der Waals surface area contributed by atoms with Crippen LogP contribution < -0.4 is 15.0 Å². The third-order valence-corrected chi connectivity index (χ3v) is 10.1. The Bertz CT molecular complexity index is 1390. The largest absolute Gasteiger partial charge is 0.490 e. The molecule has 2 aliphatic heterocycles. The predicted molar refractivity (Wildman–Crippen MR) is 191 cm³/mol. The molecule has 0 radical (unpaired) electrons. The molecular weight excluding hydrogens is 669 g/mol. The molecule has 7 nitrogen and oxygen atoms in total. The molecular formula is C39H54ClF3N2O5. The summed E-state index contributed by atoms with van der Waals surface area (Å²) in [6.07, 6.45) is 17.4. The number of carbonyl (C=O) groups excluding carboxylic acids is 2. The van der Waals surface area contributed by atoms with Crippen molar-refractivity contribution >= 4 is 34.9 Å². The van der Waals surface area contributed by atoms with Gasteiger partial charge in [-0.15, -0.1) is 0 Å². The lowest BCUT2D eigenvalue weighted by atomic mass is 9.88. The van der Waals surface area contributed by atoms with Gasteiger partial charge in [-0.05, 0) is 37.1 Å². The molecule has 0 saturated carbocycles. The number of aliphatic hydroxyl groups is 1. The van der Waals surface area contributed by atoms with Crippen LogP contribution >= 0.6 is 11.6 Å². The van der Waals surface area contributed by atoms with Crippen molar-refractivity contribution in [2.24, 2.45) is 0 Å². The van der Waals surface area contributed by atoms with Crippen molar-refractivity contribution in [3.05, 3.63) is 52.3 Å². The van der Waals surface area contributed by atoms with Crippen molar-refractivity contribution < 1.29 is 37.3 Å². The van der Waals surface area contributed by atoms with Gasteiger partial charge >= 0.3 is 5.97 Å². The molecule has 1 unspecified atom stereocenters. The second kappa shape index (κ2) is 20.2. The van der Waals surface area contributed by atoms with Crippen molar-refractivity contribution in [3.63, 3.8) is 0 Å². The third-order valence-electron chi connectivity index (χ3n) is 9.92. The Balaban J connectivity index is 1.27. The number of benzene rings is 2. The van der Waals surface area contributed by atoms with Crippen LogP contribution in [0.5, 0.6) is 5.75 Å². The van der Waals surface area contributed by atoms with Gasteiger partial charge in [0.1, 0.15) is 29.5 Å². The number of amides is 1. The van der Waals surface area contributed by atoms with Gasteiger partial charge in [-0.1, -0.05) is 108 Å². The normalized spacial score (nSPS) is 18.9. The van der Waals surface area contributed by atoms with Crippen molar-refractivity contribution in [1.29, 1.82) is 0 Å². The number of piperidine rings is 1. The van der Waals surface area contributed by atoms with Crippen molar-refractivity contribution in [3.8, 4) is 5.75 Å². The van der Waals surface area contributed by atoms with Gasteiger partial charge in [0, 0.05) is 36.4 Å². The fourth-order valence-corrected chi connectivity index (χ4v) is 7.11. The summed E-state index contributed by atoms with van der Waals surface area (Å²) in [5, 5.41) is 14.3. The van der Waals surface area contributed by atoms with E-state index in [1.54, 1.807) is 0 Å². The lowest BCUT2D eigenvalue weighted by Gasteiger charge is -2.44. The molecule has 11 heteroatoms. The molecule has 2 aromatic carbocycles. The number of halogens is 4. The molecule has 0 bridgehead atoms. The van der Waals surface area contributed by atoms with E-state index >= 15 is 0 Å². The lowest BCUT2D eigenvalue weighted by molar-refractivity contribution is -0.172. The van der Waals surface area contributed by atoms with Crippen LogP contribution in [0.4, 0.5) is 24.5 Å². The maximum absolute atomic E-state index is 14.9. The van der Waals surface area contributed by atoms with Gasteiger partial charge in [-0.2, -0.15) is 0 Å². The van der Waals surface area contributed by atoms with Crippen molar-refractivity contribution in [2.45, 2.75) is 141 Å². The molecule has 1 saturated heterocycles. The van der Waals surface area contributed by atoms with Crippen LogP contribution in [0.15, 0.2) is 24.3 Å². The molecule has 50 heavy (non-hydrogen) atoms. The number of nitrogens with one attached hydrogen (secondary N) is 1. The summed E-state index contributed by atoms with van der Waals surface area (Å²) in [5.74, 6) is -2.84. The second-order valence-electron chi connectivity index (χ2n) is 13.9. The van der Waals surface area contributed by atoms with Crippen LogP contribution in [0.1, 0.15) is 128 Å². The molecule has 1 amide bonds. The van der Waals surface area contributed by atoms with Crippen LogP contribution in [-0.4, -0.2) is 48.4 Å². The highest BCUT2D eigenvalue weighted by Gasteiger charge is 2.46. The van der Waals surface area contributed by atoms with E-state index in [0.717, 1.165) is 31.4 Å². The number of hydrogen-bond donors (Lipinski definition) is 2. The highest BCUT2D eigenvalue weighted by molar-refractivity contribution is 6.30. The van der Waals surface area contributed by atoms with Gasteiger partial charge in [0.05, 0.1) is 12.2 Å². The van der Waals surface area contributed by atoms with E-state index in [9.17, 15) is 27.9 Å². The summed E-state index contributed by atoms with van der Waals surface area (Å²) in [7, 11) is 0. The molecule has 0 aliphatic carbocycles. The lowest BCUT2D eigenvalue weighted by Crippen LogP contribution is -2.60. The Hall–Kier alpha value is -2.98. The molecule has 0 aromatic heterocycles. The Labute approximate surface area is 300 Å². The van der Waals surface area contributed by atoms with Gasteiger partial charge in [0.2, 0.25) is 5.91 Å². The third kappa shape index (κ3) is 11.8. The predicted octanol–water partition coefficient (Wildman–Crippen LogP) is 9.84. The van der Waals surface area contributed by atoms with Crippen molar-refractivity contribution in [1.82, 2.24) is 0 Å². The van der Waals surface area contributed by atoms with Gasteiger partial charge in [0.25, 0.3) is 0 Å². The van der Waals surface area contributed by atoms with Gasteiger partial charge in [-0.3, -0.25) is 9.59 Å². The number of unbranched alkanes of at least 4 members (excludes halogenated alkanes) is 14. The zero-order valence-corrected chi connectivity index (χ0v) is 30.2. The molecule has 4 rings (SSSR count). The van der Waals surface area contributed by atoms with Gasteiger partial charge in [-0.25, -0.2) is 13.2 Å². The summed E-state index contributed by atoms with van der Waals surface area (Å²) >= 11 is 5.84. The van der Waals surface area contributed by atoms with E-state index in [2.05, 4.69) is 12.2 Å². The number of esters is 1. The first-order valence-corrected chi connectivity index (χ1v) is 19.0. The average Bonchev–Trinajstić information content (AvgIpc) is 3.07. The minimum absolute atomic E-state index is 0.0362. The number of ether oxygens (including phenoxy) is 2. The van der Waals surface area contributed by atoms with Gasteiger partial charge in [0.15, 0.2) is 17.7 Å². The van der Waals surface area contributed by atoms with Gasteiger partial charge < -0.3 is 24.8 Å². The number of rotatable bonds is 21. The Kier molecular flexibility index (Phi) is 16.0. The van der Waals surface area contributed by atoms with E-state index in [0.29, 0.717) is 12.0 Å². The van der Waals surface area contributed by atoms with E-state index < -0.39 is 35.1 Å². The summed E-state index contributed by atoms with van der Waals surface area (Å²) in [4.78, 5) is 26.3. The minimum atomic E-state index is -1.71. The van der Waals surface area contributed by atoms with E-state index in [1.165, 1.54) is 87.7 Å². The maximum atomic E-state index is 14.9. The second-order valence-corrected chi connectivity index (χ2v) is 14.4. The first kappa shape index (κ1) is 39.8. The molecule has 2 N–H and O–H groups in total. The summed E-state index contributed by atoms with van der Waals surface area (Å²) in [6.45, 7) is 1.78. The summed E-state index contributed by atoms with van der Waals surface area (Å²) in [5.41, 5.74) is -1.51. The smallest absolute Gasteiger partial charge is 0.306 e. The Morgan fingerprint density at radius 3 is 2.08 bits per heavy atom. The van der Waals surface area contributed by atoms with Crippen LogP contribution in [0.25, 0.3) is 0 Å². The van der Waals surface area contributed by atoms with E-state index in [4.69, 9.17) is 21.1 Å². The average molecular weight is 723 g/mol. The number of fused-ring (bicyclic) bond motifs is 1. The molecule has 2 heterocycles. The highest BCUT2D eigenvalue weighted by atomic mass is 35.5. The quantitative estimate of drug-likeness (QED) is 0.0986. The zero-order valence-electron chi connectivity index (χ0n) is 29.5. The molecule has 0 spiro atoms. The number of nitrogens with zero attached hydrogens (tertiary/aromatic N) is 1. The SMILES string of the molecule is CCCCCCCCCCCCCCCCCC(=O)O[C@@H]1CN(c2c(F)cc(Cl)cc2F)CCC1(O)COc1ccc(F)c2c1CCC(=O)N2. The van der Waals surface area contributed by atoms with E-state index in [1.807, 2.05) is 0 Å². The Morgan fingerprint density at radius 1 is 0.900 bits per heavy atom. The fraction of sp³-hybridized carbons (Fsp3) is 0.641. The first-order chi connectivity index (χ1) is 24.1. The topological polar surface area (TPSA) is 88.1 Å².